The Morgan fingerprint density at radius 2 is 1.74 bits per heavy atom. The minimum absolute atomic E-state index is 0.0229. The molecule has 146 valence electrons. The molecule has 1 aromatic heterocycles. The Balaban J connectivity index is 2.05. The van der Waals surface area contributed by atoms with Crippen molar-refractivity contribution in [3.63, 3.8) is 0 Å². The molecule has 27 heavy (non-hydrogen) atoms. The van der Waals surface area contributed by atoms with Crippen molar-refractivity contribution < 1.29 is 19.1 Å². The first-order valence-electron chi connectivity index (χ1n) is 9.17. The first kappa shape index (κ1) is 20.7. The average molecular weight is 372 g/mol. The Labute approximate surface area is 160 Å². The summed E-state index contributed by atoms with van der Waals surface area (Å²) in [7, 11) is 1.90. The molecule has 1 aromatic carbocycles. The van der Waals surface area contributed by atoms with E-state index in [-0.39, 0.29) is 12.3 Å². The number of ether oxygens (including phenoxy) is 2. The van der Waals surface area contributed by atoms with Crippen LogP contribution in [0.15, 0.2) is 24.3 Å². The van der Waals surface area contributed by atoms with E-state index < -0.39 is 5.97 Å². The van der Waals surface area contributed by atoms with Gasteiger partial charge in [0.15, 0.2) is 5.78 Å². The fraction of sp³-hybridized carbons (Fsp3) is 0.429. The van der Waals surface area contributed by atoms with Gasteiger partial charge in [-0.3, -0.25) is 9.69 Å². The molecular weight excluding hydrogens is 344 g/mol. The van der Waals surface area contributed by atoms with Crippen LogP contribution in [0.4, 0.5) is 0 Å². The number of nitrogens with one attached hydrogen (secondary N) is 1. The molecule has 0 radical (unpaired) electrons. The number of rotatable bonds is 9. The maximum Gasteiger partial charge on any atom is 0.355 e. The summed E-state index contributed by atoms with van der Waals surface area (Å²) in [6.07, 6.45) is 0. The van der Waals surface area contributed by atoms with Gasteiger partial charge in [-0.15, -0.1) is 0 Å². The lowest BCUT2D eigenvalue weighted by Crippen LogP contribution is -2.26. The molecule has 0 unspecified atom stereocenters. The lowest BCUT2D eigenvalue weighted by Gasteiger charge is -2.16. The molecule has 0 saturated heterocycles. The van der Waals surface area contributed by atoms with Gasteiger partial charge in [-0.2, -0.15) is 0 Å². The molecule has 0 saturated carbocycles. The average Bonchev–Trinajstić information content (AvgIpc) is 2.91. The molecule has 2 rings (SSSR count). The van der Waals surface area contributed by atoms with Gasteiger partial charge in [0.2, 0.25) is 0 Å². The summed E-state index contributed by atoms with van der Waals surface area (Å²) in [6, 6.07) is 7.86. The number of nitrogens with zero attached hydrogens (tertiary/aromatic N) is 1. The van der Waals surface area contributed by atoms with Crippen LogP contribution >= 0.6 is 0 Å². The van der Waals surface area contributed by atoms with Crippen LogP contribution in [0, 0.1) is 13.8 Å². The zero-order chi connectivity index (χ0) is 20.0. The summed E-state index contributed by atoms with van der Waals surface area (Å²) in [6.45, 7) is 9.11. The molecule has 1 heterocycles. The van der Waals surface area contributed by atoms with Gasteiger partial charge in [0.25, 0.3) is 0 Å². The van der Waals surface area contributed by atoms with Crippen LogP contribution in [-0.2, 0) is 11.3 Å². The first-order valence-corrected chi connectivity index (χ1v) is 9.17. The van der Waals surface area contributed by atoms with Crippen LogP contribution in [0.1, 0.15) is 51.5 Å². The first-order chi connectivity index (χ1) is 12.9. The van der Waals surface area contributed by atoms with Crippen molar-refractivity contribution in [1.82, 2.24) is 9.88 Å². The second kappa shape index (κ2) is 9.37. The maximum atomic E-state index is 12.8. The monoisotopic (exact) mass is 372 g/mol. The zero-order valence-corrected chi connectivity index (χ0v) is 16.7. The van der Waals surface area contributed by atoms with Gasteiger partial charge in [-0.1, -0.05) is 12.1 Å². The SMILES string of the molecule is CCOC(=O)c1[nH]c(C)c(C(=O)CN(C)Cc2ccc(OCC)cc2)c1C. The molecule has 6 nitrogen and oxygen atoms in total. The molecule has 0 aliphatic heterocycles. The van der Waals surface area contributed by atoms with Crippen LogP contribution in [0.2, 0.25) is 0 Å². The van der Waals surface area contributed by atoms with Gasteiger partial charge >= 0.3 is 5.97 Å². The summed E-state index contributed by atoms with van der Waals surface area (Å²) >= 11 is 0. The number of benzene rings is 1. The molecule has 0 fully saturated rings. The number of ketones is 1. The number of esters is 1. The summed E-state index contributed by atoms with van der Waals surface area (Å²) in [5.41, 5.74) is 3.35. The van der Waals surface area contributed by atoms with E-state index in [2.05, 4.69) is 4.98 Å². The van der Waals surface area contributed by atoms with Gasteiger partial charge in [0, 0.05) is 17.8 Å². The highest BCUT2D eigenvalue weighted by Crippen LogP contribution is 2.20. The van der Waals surface area contributed by atoms with Crippen LogP contribution in [0.25, 0.3) is 0 Å². The van der Waals surface area contributed by atoms with Crippen molar-refractivity contribution in [2.24, 2.45) is 0 Å². The van der Waals surface area contributed by atoms with E-state index in [9.17, 15) is 9.59 Å². The van der Waals surface area contributed by atoms with Crippen LogP contribution in [0.5, 0.6) is 5.75 Å². The number of H-pyrrole nitrogens is 1. The number of aryl methyl sites for hydroxylation is 1. The molecule has 0 aliphatic rings. The number of likely N-dealkylation sites (N-methyl/N-ethyl adjacent to an activating group) is 1. The Morgan fingerprint density at radius 1 is 1.07 bits per heavy atom. The third kappa shape index (κ3) is 5.20. The lowest BCUT2D eigenvalue weighted by molar-refractivity contribution is 0.0519. The predicted octanol–water partition coefficient (Wildman–Crippen LogP) is 3.52. The van der Waals surface area contributed by atoms with E-state index in [1.807, 2.05) is 43.1 Å². The number of carbonyl (C=O) groups excluding carboxylic acids is 2. The number of hydrogen-bond acceptors (Lipinski definition) is 5. The maximum absolute atomic E-state index is 12.8. The summed E-state index contributed by atoms with van der Waals surface area (Å²) in [4.78, 5) is 29.7. The van der Waals surface area contributed by atoms with Gasteiger partial charge < -0.3 is 14.5 Å². The molecular formula is C21H28N2O4. The second-order valence-corrected chi connectivity index (χ2v) is 6.52. The minimum atomic E-state index is -0.431. The molecule has 0 aliphatic carbocycles. The van der Waals surface area contributed by atoms with Crippen molar-refractivity contribution in [3.05, 3.63) is 52.3 Å². The smallest absolute Gasteiger partial charge is 0.355 e. The van der Waals surface area contributed by atoms with Crippen LogP contribution in [0.3, 0.4) is 0 Å². The quantitative estimate of drug-likeness (QED) is 0.539. The topological polar surface area (TPSA) is 71.6 Å². The minimum Gasteiger partial charge on any atom is -0.494 e. The fourth-order valence-electron chi connectivity index (χ4n) is 3.13. The fourth-order valence-corrected chi connectivity index (χ4v) is 3.13. The van der Waals surface area contributed by atoms with E-state index in [0.29, 0.717) is 42.3 Å². The van der Waals surface area contributed by atoms with E-state index in [1.54, 1.807) is 20.8 Å². The van der Waals surface area contributed by atoms with Crippen molar-refractivity contribution in [3.8, 4) is 5.75 Å². The Bertz CT molecular complexity index is 793. The van der Waals surface area contributed by atoms with E-state index in [4.69, 9.17) is 9.47 Å². The number of aromatic nitrogens is 1. The van der Waals surface area contributed by atoms with E-state index >= 15 is 0 Å². The number of aromatic amines is 1. The molecule has 0 amide bonds. The zero-order valence-electron chi connectivity index (χ0n) is 16.7. The number of carbonyl (C=O) groups is 2. The second-order valence-electron chi connectivity index (χ2n) is 6.52. The Hall–Kier alpha value is -2.60. The van der Waals surface area contributed by atoms with Crippen molar-refractivity contribution in [2.75, 3.05) is 26.8 Å². The van der Waals surface area contributed by atoms with Crippen molar-refractivity contribution >= 4 is 11.8 Å². The van der Waals surface area contributed by atoms with Gasteiger partial charge in [-0.05, 0) is 58.0 Å². The Morgan fingerprint density at radius 3 is 2.33 bits per heavy atom. The highest BCUT2D eigenvalue weighted by atomic mass is 16.5. The van der Waals surface area contributed by atoms with E-state index in [1.165, 1.54) is 0 Å². The largest absolute Gasteiger partial charge is 0.494 e. The van der Waals surface area contributed by atoms with Gasteiger partial charge in [-0.25, -0.2) is 4.79 Å². The van der Waals surface area contributed by atoms with Gasteiger partial charge in [0.05, 0.1) is 19.8 Å². The van der Waals surface area contributed by atoms with Crippen LogP contribution < -0.4 is 4.74 Å². The van der Waals surface area contributed by atoms with Crippen molar-refractivity contribution in [1.29, 1.82) is 0 Å². The third-order valence-corrected chi connectivity index (χ3v) is 4.30. The molecule has 1 N–H and O–H groups in total. The molecule has 2 aromatic rings. The number of hydrogen-bond donors (Lipinski definition) is 1. The third-order valence-electron chi connectivity index (χ3n) is 4.30. The standard InChI is InChI=1S/C21H28N2O4/c1-6-26-17-10-8-16(9-11-17)12-23(5)13-18(24)19-14(3)20(22-15(19)4)21(25)27-7-2/h8-11,22H,6-7,12-13H2,1-5H3. The van der Waals surface area contributed by atoms with Crippen LogP contribution in [-0.4, -0.2) is 48.4 Å². The molecule has 0 atom stereocenters. The predicted molar refractivity (Wildman–Crippen MR) is 104 cm³/mol. The highest BCUT2D eigenvalue weighted by Gasteiger charge is 2.23. The molecule has 0 bridgehead atoms. The van der Waals surface area contributed by atoms with Crippen molar-refractivity contribution in [2.45, 2.75) is 34.2 Å². The van der Waals surface area contributed by atoms with E-state index in [0.717, 1.165) is 11.3 Å². The lowest BCUT2D eigenvalue weighted by atomic mass is 10.1. The molecule has 0 spiro atoms. The molecule has 6 heteroatoms. The van der Waals surface area contributed by atoms with Gasteiger partial charge in [0.1, 0.15) is 11.4 Å². The normalized spacial score (nSPS) is 10.9. The summed E-state index contributed by atoms with van der Waals surface area (Å²) in [5.74, 6) is 0.384. The summed E-state index contributed by atoms with van der Waals surface area (Å²) in [5, 5.41) is 0. The Kier molecular flexibility index (Phi) is 7.19. The number of Topliss-reactive ketones (excluding diaryl/α,β-unsaturated/α-hetero) is 1. The summed E-state index contributed by atoms with van der Waals surface area (Å²) < 4.78 is 10.5. The highest BCUT2D eigenvalue weighted by molar-refractivity contribution is 6.03.